The predicted octanol–water partition coefficient (Wildman–Crippen LogP) is 0.822. The van der Waals surface area contributed by atoms with Crippen molar-refractivity contribution in [3.05, 3.63) is 47.5 Å². The van der Waals surface area contributed by atoms with Crippen molar-refractivity contribution in [1.82, 2.24) is 19.7 Å². The fourth-order valence-electron chi connectivity index (χ4n) is 3.20. The molecule has 24 heavy (non-hydrogen) atoms. The summed E-state index contributed by atoms with van der Waals surface area (Å²) in [7, 11) is 0. The third-order valence-electron chi connectivity index (χ3n) is 4.26. The van der Waals surface area contributed by atoms with Gasteiger partial charge in [-0.2, -0.15) is 5.10 Å². The Hall–Kier alpha value is -2.25. The van der Waals surface area contributed by atoms with E-state index in [-0.39, 0.29) is 12.0 Å². The fraction of sp³-hybridized carbons (Fsp3) is 0.471. The van der Waals surface area contributed by atoms with Gasteiger partial charge < -0.3 is 10.5 Å². The van der Waals surface area contributed by atoms with Gasteiger partial charge in [0.25, 0.3) is 0 Å². The first-order chi connectivity index (χ1) is 11.5. The maximum Gasteiger partial charge on any atom is 0.239 e. The lowest BCUT2D eigenvalue weighted by Gasteiger charge is -2.37. The number of ether oxygens (including phenoxy) is 1. The van der Waals surface area contributed by atoms with Crippen LogP contribution in [0.4, 0.5) is 0 Å². The Morgan fingerprint density at radius 3 is 2.75 bits per heavy atom. The maximum atomic E-state index is 12.0. The molecule has 1 aromatic carbocycles. The van der Waals surface area contributed by atoms with Gasteiger partial charge in [0.05, 0.1) is 19.3 Å². The lowest BCUT2D eigenvalue weighted by Crippen LogP contribution is -2.49. The molecule has 0 radical (unpaired) electrons. The summed E-state index contributed by atoms with van der Waals surface area (Å²) < 4.78 is 7.71. The van der Waals surface area contributed by atoms with E-state index in [0.29, 0.717) is 26.2 Å². The van der Waals surface area contributed by atoms with Crippen molar-refractivity contribution in [2.75, 3.05) is 19.7 Å². The number of hydrogen-bond acceptors (Lipinski definition) is 5. The number of hydrogen-bond donors (Lipinski definition) is 1. The van der Waals surface area contributed by atoms with Crippen molar-refractivity contribution in [2.24, 2.45) is 5.73 Å². The van der Waals surface area contributed by atoms with Gasteiger partial charge in [-0.15, -0.1) is 0 Å². The minimum atomic E-state index is -0.434. The highest BCUT2D eigenvalue weighted by Crippen LogP contribution is 2.23. The summed E-state index contributed by atoms with van der Waals surface area (Å²) in [5.41, 5.74) is 6.59. The number of benzene rings is 1. The van der Waals surface area contributed by atoms with E-state index in [2.05, 4.69) is 15.0 Å². The first kappa shape index (κ1) is 16.6. The van der Waals surface area contributed by atoms with Crippen molar-refractivity contribution >= 4 is 5.91 Å². The van der Waals surface area contributed by atoms with E-state index < -0.39 is 6.04 Å². The molecule has 1 aliphatic heterocycles. The van der Waals surface area contributed by atoms with E-state index in [1.54, 1.807) is 0 Å². The minimum absolute atomic E-state index is 0.0517. The normalized spacial score (nSPS) is 20.0. The van der Waals surface area contributed by atoms with Crippen LogP contribution in [0.3, 0.4) is 0 Å². The molecule has 7 nitrogen and oxygen atoms in total. The molecular formula is C17H23N5O2. The Morgan fingerprint density at radius 1 is 1.38 bits per heavy atom. The largest absolute Gasteiger partial charge is 0.374 e. The molecule has 0 bridgehead atoms. The molecule has 0 saturated carbocycles. The number of rotatable bonds is 5. The molecule has 1 amide bonds. The van der Waals surface area contributed by atoms with Gasteiger partial charge in [0, 0.05) is 13.1 Å². The van der Waals surface area contributed by atoms with Crippen LogP contribution in [0.1, 0.15) is 23.3 Å². The Labute approximate surface area is 141 Å². The number of carbonyl (C=O) groups excluding carboxylic acids is 1. The van der Waals surface area contributed by atoms with Crippen LogP contribution in [0.5, 0.6) is 0 Å². The first-order valence-electron chi connectivity index (χ1n) is 8.12. The van der Waals surface area contributed by atoms with Crippen molar-refractivity contribution in [2.45, 2.75) is 32.5 Å². The highest BCUT2D eigenvalue weighted by molar-refractivity contribution is 5.81. The number of carbonyl (C=O) groups is 1. The van der Waals surface area contributed by atoms with Gasteiger partial charge in [0.1, 0.15) is 17.7 Å². The number of aromatic nitrogens is 3. The van der Waals surface area contributed by atoms with Crippen LogP contribution < -0.4 is 5.73 Å². The van der Waals surface area contributed by atoms with Gasteiger partial charge in [0.15, 0.2) is 0 Å². The predicted molar refractivity (Wildman–Crippen MR) is 89.2 cm³/mol. The molecule has 3 rings (SSSR count). The zero-order chi connectivity index (χ0) is 17.1. The summed E-state index contributed by atoms with van der Waals surface area (Å²) in [5.74, 6) is 1.27. The van der Waals surface area contributed by atoms with Crippen LogP contribution in [-0.4, -0.2) is 51.4 Å². The number of aryl methyl sites for hydroxylation is 2. The minimum Gasteiger partial charge on any atom is -0.374 e. The van der Waals surface area contributed by atoms with Gasteiger partial charge in [-0.25, -0.2) is 9.67 Å². The average molecular weight is 329 g/mol. The second-order valence-electron chi connectivity index (χ2n) is 6.09. The summed E-state index contributed by atoms with van der Waals surface area (Å²) in [6.45, 7) is 6.28. The van der Waals surface area contributed by atoms with E-state index in [0.717, 1.165) is 17.2 Å². The van der Waals surface area contributed by atoms with E-state index in [9.17, 15) is 4.79 Å². The molecule has 2 heterocycles. The van der Waals surface area contributed by atoms with Gasteiger partial charge in [-0.05, 0) is 19.4 Å². The Bertz CT molecular complexity index is 700. The van der Waals surface area contributed by atoms with Gasteiger partial charge in [-0.1, -0.05) is 30.3 Å². The second kappa shape index (κ2) is 7.11. The molecule has 2 N–H and O–H groups in total. The molecular weight excluding hydrogens is 306 g/mol. The zero-order valence-electron chi connectivity index (χ0n) is 14.1. The fourth-order valence-corrected chi connectivity index (χ4v) is 3.20. The number of nitrogens with two attached hydrogens (primary N) is 1. The summed E-state index contributed by atoms with van der Waals surface area (Å²) in [6, 6.07) is 9.21. The van der Waals surface area contributed by atoms with Crippen molar-refractivity contribution in [3.8, 4) is 0 Å². The van der Waals surface area contributed by atoms with E-state index in [4.69, 9.17) is 10.5 Å². The van der Waals surface area contributed by atoms with Crippen LogP contribution in [0, 0.1) is 13.8 Å². The van der Waals surface area contributed by atoms with Crippen LogP contribution in [0.15, 0.2) is 30.3 Å². The Balaban J connectivity index is 1.74. The monoisotopic (exact) mass is 329 g/mol. The topological polar surface area (TPSA) is 86.3 Å². The number of amides is 1. The molecule has 0 spiro atoms. The third-order valence-corrected chi connectivity index (χ3v) is 4.26. The SMILES string of the molecule is Cc1nc(C)n(C[C@@H]2CN([C@@H](C(N)=O)c3ccccc3)CCO2)n1. The van der Waals surface area contributed by atoms with Crippen molar-refractivity contribution in [3.63, 3.8) is 0 Å². The molecule has 1 aliphatic rings. The zero-order valence-corrected chi connectivity index (χ0v) is 14.1. The summed E-state index contributed by atoms with van der Waals surface area (Å²) >= 11 is 0. The average Bonchev–Trinajstić information content (AvgIpc) is 2.86. The molecule has 0 aliphatic carbocycles. The smallest absolute Gasteiger partial charge is 0.239 e. The summed E-state index contributed by atoms with van der Waals surface area (Å²) in [6.07, 6.45) is -0.0517. The Morgan fingerprint density at radius 2 is 2.12 bits per heavy atom. The molecule has 2 aromatic rings. The molecule has 1 aromatic heterocycles. The summed E-state index contributed by atoms with van der Waals surface area (Å²) in [5, 5.41) is 4.38. The number of nitrogens with zero attached hydrogens (tertiary/aromatic N) is 4. The highest BCUT2D eigenvalue weighted by atomic mass is 16.5. The van der Waals surface area contributed by atoms with Gasteiger partial charge in [-0.3, -0.25) is 9.69 Å². The Kier molecular flexibility index (Phi) is 4.92. The molecule has 1 saturated heterocycles. The lowest BCUT2D eigenvalue weighted by molar-refractivity contribution is -0.127. The first-order valence-corrected chi connectivity index (χ1v) is 8.12. The molecule has 2 atom stereocenters. The van der Waals surface area contributed by atoms with Crippen molar-refractivity contribution in [1.29, 1.82) is 0 Å². The van der Waals surface area contributed by atoms with E-state index in [1.165, 1.54) is 0 Å². The number of morpholine rings is 1. The van der Waals surface area contributed by atoms with Crippen LogP contribution in [0.2, 0.25) is 0 Å². The van der Waals surface area contributed by atoms with Crippen LogP contribution >= 0.6 is 0 Å². The second-order valence-corrected chi connectivity index (χ2v) is 6.09. The molecule has 7 heteroatoms. The van der Waals surface area contributed by atoms with Crippen LogP contribution in [0.25, 0.3) is 0 Å². The lowest BCUT2D eigenvalue weighted by atomic mass is 10.0. The highest BCUT2D eigenvalue weighted by Gasteiger charge is 2.31. The molecule has 0 unspecified atom stereocenters. The quantitative estimate of drug-likeness (QED) is 0.878. The van der Waals surface area contributed by atoms with Crippen molar-refractivity contribution < 1.29 is 9.53 Å². The van der Waals surface area contributed by atoms with Crippen LogP contribution in [-0.2, 0) is 16.1 Å². The maximum absolute atomic E-state index is 12.0. The number of primary amides is 1. The molecule has 1 fully saturated rings. The van der Waals surface area contributed by atoms with E-state index >= 15 is 0 Å². The van der Waals surface area contributed by atoms with E-state index in [1.807, 2.05) is 48.9 Å². The summed E-state index contributed by atoms with van der Waals surface area (Å²) in [4.78, 5) is 18.4. The standard InChI is InChI=1S/C17H23N5O2/c1-12-19-13(2)22(20-12)11-15-10-21(8-9-24-15)16(17(18)23)14-6-4-3-5-7-14/h3-7,15-16H,8-11H2,1-2H3,(H2,18,23)/t15-,16+/m0/s1. The van der Waals surface area contributed by atoms with Gasteiger partial charge in [0.2, 0.25) is 5.91 Å². The van der Waals surface area contributed by atoms with Gasteiger partial charge >= 0.3 is 0 Å². The third kappa shape index (κ3) is 3.63. The molecule has 128 valence electrons.